The van der Waals surface area contributed by atoms with E-state index in [-0.39, 0.29) is 16.9 Å². The number of nitrogens with one attached hydrogen (secondary N) is 1. The molecule has 5 rings (SSSR count). The number of carbonyl (C=O) groups is 1. The monoisotopic (exact) mass is 606 g/mol. The van der Waals surface area contributed by atoms with Crippen molar-refractivity contribution in [3.63, 3.8) is 0 Å². The highest BCUT2D eigenvalue weighted by atomic mass is 79.9. The van der Waals surface area contributed by atoms with Crippen LogP contribution in [0.3, 0.4) is 0 Å². The number of carbonyl (C=O) groups excluding carboxylic acids is 1. The number of halogens is 1. The minimum atomic E-state index is -0.104. The maximum absolute atomic E-state index is 13.4. The van der Waals surface area contributed by atoms with Crippen LogP contribution in [-0.2, 0) is 11.3 Å². The van der Waals surface area contributed by atoms with Crippen molar-refractivity contribution in [2.45, 2.75) is 58.4 Å². The molecule has 0 saturated carbocycles. The zero-order chi connectivity index (χ0) is 28.3. The standard InChI is InChI=1S/C32H39BrN4O3/c1-4-22-6-11-27-26(20-22)29(38)21-28(34-27)31(39)36-18-14-32(3,15-19-36)37-16-12-24(13-17-37)30(35-40-5-2)23-7-9-25(33)10-8-23/h6-11,20-21,24H,4-5,12-19H2,1-3H3,(H,34,38)/b35-30+. The first-order valence-electron chi connectivity index (χ1n) is 14.5. The number of hydrogen-bond acceptors (Lipinski definition) is 5. The molecule has 2 fully saturated rings. The van der Waals surface area contributed by atoms with E-state index in [1.165, 1.54) is 6.07 Å². The second-order valence-corrected chi connectivity index (χ2v) is 12.1. The molecule has 1 amide bonds. The fourth-order valence-electron chi connectivity index (χ4n) is 6.12. The molecule has 2 saturated heterocycles. The number of nitrogens with zero attached hydrogens (tertiary/aromatic N) is 3. The second-order valence-electron chi connectivity index (χ2n) is 11.2. The van der Waals surface area contributed by atoms with Gasteiger partial charge in [-0.05, 0) is 94.4 Å². The first-order chi connectivity index (χ1) is 19.3. The van der Waals surface area contributed by atoms with Crippen molar-refractivity contribution in [2.75, 3.05) is 32.8 Å². The van der Waals surface area contributed by atoms with E-state index in [4.69, 9.17) is 4.84 Å². The number of oxime groups is 1. The summed E-state index contributed by atoms with van der Waals surface area (Å²) in [4.78, 5) is 39.4. The highest BCUT2D eigenvalue weighted by Gasteiger charge is 2.39. The highest BCUT2D eigenvalue weighted by molar-refractivity contribution is 9.10. The Morgan fingerprint density at radius 2 is 1.75 bits per heavy atom. The van der Waals surface area contributed by atoms with E-state index in [1.54, 1.807) is 0 Å². The van der Waals surface area contributed by atoms with Crippen molar-refractivity contribution in [2.24, 2.45) is 11.1 Å². The van der Waals surface area contributed by atoms with Crippen LogP contribution in [0, 0.1) is 5.92 Å². The van der Waals surface area contributed by atoms with Gasteiger partial charge in [-0.3, -0.25) is 14.5 Å². The Kier molecular flexibility index (Phi) is 8.76. The lowest BCUT2D eigenvalue weighted by molar-refractivity contribution is 0.0159. The molecule has 1 aromatic heterocycles. The number of aryl methyl sites for hydroxylation is 1. The first kappa shape index (κ1) is 28.6. The average molecular weight is 608 g/mol. The van der Waals surface area contributed by atoms with Crippen LogP contribution in [0.15, 0.2) is 63.0 Å². The number of hydrogen-bond donors (Lipinski definition) is 1. The zero-order valence-corrected chi connectivity index (χ0v) is 25.3. The van der Waals surface area contributed by atoms with Crippen LogP contribution in [0.5, 0.6) is 0 Å². The molecule has 1 N–H and O–H groups in total. The maximum atomic E-state index is 13.4. The van der Waals surface area contributed by atoms with E-state index in [0.717, 1.165) is 66.5 Å². The van der Waals surface area contributed by atoms with Crippen LogP contribution < -0.4 is 5.43 Å². The molecular formula is C32H39BrN4O3. The molecule has 0 bridgehead atoms. The van der Waals surface area contributed by atoms with Crippen LogP contribution in [0.25, 0.3) is 10.9 Å². The van der Waals surface area contributed by atoms with E-state index in [9.17, 15) is 9.59 Å². The molecule has 2 aliphatic rings. The Bertz CT molecular complexity index is 1430. The molecule has 3 heterocycles. The number of likely N-dealkylation sites (tertiary alicyclic amines) is 2. The van der Waals surface area contributed by atoms with Gasteiger partial charge >= 0.3 is 0 Å². The highest BCUT2D eigenvalue weighted by Crippen LogP contribution is 2.34. The van der Waals surface area contributed by atoms with Gasteiger partial charge in [0.05, 0.1) is 5.71 Å². The van der Waals surface area contributed by atoms with Gasteiger partial charge in [0.25, 0.3) is 5.91 Å². The van der Waals surface area contributed by atoms with Crippen LogP contribution in [-0.4, -0.2) is 64.7 Å². The van der Waals surface area contributed by atoms with E-state index in [1.807, 2.05) is 30.0 Å². The smallest absolute Gasteiger partial charge is 0.270 e. The summed E-state index contributed by atoms with van der Waals surface area (Å²) in [7, 11) is 0. The van der Waals surface area contributed by atoms with Gasteiger partial charge in [-0.1, -0.05) is 46.2 Å². The van der Waals surface area contributed by atoms with Crippen molar-refractivity contribution < 1.29 is 9.63 Å². The van der Waals surface area contributed by atoms with Crippen molar-refractivity contribution in [3.05, 3.63) is 80.0 Å². The number of fused-ring (bicyclic) bond motifs is 1. The van der Waals surface area contributed by atoms with Gasteiger partial charge in [0.15, 0.2) is 5.43 Å². The molecule has 7 nitrogen and oxygen atoms in total. The Morgan fingerprint density at radius 1 is 1.05 bits per heavy atom. The minimum absolute atomic E-state index is 0.0456. The number of rotatable bonds is 7. The normalized spacial score (nSPS) is 18.7. The van der Waals surface area contributed by atoms with Gasteiger partial charge in [-0.2, -0.15) is 0 Å². The molecular weight excluding hydrogens is 568 g/mol. The van der Waals surface area contributed by atoms with Crippen molar-refractivity contribution in [3.8, 4) is 0 Å². The Labute approximate surface area is 244 Å². The minimum Gasteiger partial charge on any atom is -0.396 e. The van der Waals surface area contributed by atoms with E-state index in [0.29, 0.717) is 42.2 Å². The number of aromatic nitrogens is 1. The van der Waals surface area contributed by atoms with Crippen LogP contribution in [0.4, 0.5) is 0 Å². The van der Waals surface area contributed by atoms with Gasteiger partial charge in [0, 0.05) is 46.0 Å². The molecule has 0 radical (unpaired) electrons. The largest absolute Gasteiger partial charge is 0.396 e. The Morgan fingerprint density at radius 3 is 2.40 bits per heavy atom. The van der Waals surface area contributed by atoms with Gasteiger partial charge < -0.3 is 14.7 Å². The first-order valence-corrected chi connectivity index (χ1v) is 15.3. The summed E-state index contributed by atoms with van der Waals surface area (Å²) in [6, 6.07) is 15.6. The molecule has 0 aliphatic carbocycles. The van der Waals surface area contributed by atoms with E-state index in [2.05, 4.69) is 69.1 Å². The molecule has 3 aromatic rings. The summed E-state index contributed by atoms with van der Waals surface area (Å²) < 4.78 is 1.05. The fraction of sp³-hybridized carbons (Fsp3) is 0.469. The predicted octanol–water partition coefficient (Wildman–Crippen LogP) is 6.00. The fourth-order valence-corrected chi connectivity index (χ4v) is 6.38. The summed E-state index contributed by atoms with van der Waals surface area (Å²) in [6.45, 7) is 10.3. The Hall–Kier alpha value is -2.97. The average Bonchev–Trinajstić information content (AvgIpc) is 2.98. The van der Waals surface area contributed by atoms with Gasteiger partial charge in [0.2, 0.25) is 0 Å². The van der Waals surface area contributed by atoms with Crippen molar-refractivity contribution in [1.82, 2.24) is 14.8 Å². The van der Waals surface area contributed by atoms with Crippen LogP contribution in [0.1, 0.15) is 68.1 Å². The molecule has 0 atom stereocenters. The van der Waals surface area contributed by atoms with Crippen molar-refractivity contribution in [1.29, 1.82) is 0 Å². The number of benzene rings is 2. The van der Waals surface area contributed by atoms with E-state index < -0.39 is 0 Å². The summed E-state index contributed by atoms with van der Waals surface area (Å²) in [5.41, 5.74) is 4.30. The van der Waals surface area contributed by atoms with Gasteiger partial charge in [0.1, 0.15) is 12.3 Å². The zero-order valence-electron chi connectivity index (χ0n) is 23.7. The lowest BCUT2D eigenvalue weighted by atomic mass is 9.82. The van der Waals surface area contributed by atoms with Gasteiger partial charge in [-0.15, -0.1) is 0 Å². The summed E-state index contributed by atoms with van der Waals surface area (Å²) in [5.74, 6) is 0.262. The second kappa shape index (κ2) is 12.3. The Balaban J connectivity index is 1.21. The molecule has 0 spiro atoms. The molecule has 2 aliphatic heterocycles. The molecule has 212 valence electrons. The lowest BCUT2D eigenvalue weighted by Crippen LogP contribution is -2.56. The van der Waals surface area contributed by atoms with Crippen LogP contribution in [0.2, 0.25) is 0 Å². The molecule has 0 unspecified atom stereocenters. The third-order valence-corrected chi connectivity index (χ3v) is 9.27. The summed E-state index contributed by atoms with van der Waals surface area (Å²) in [6.07, 6.45) is 4.74. The third kappa shape index (κ3) is 6.03. The third-order valence-electron chi connectivity index (χ3n) is 8.74. The summed E-state index contributed by atoms with van der Waals surface area (Å²) >= 11 is 3.53. The molecule has 2 aromatic carbocycles. The number of amides is 1. The number of piperidine rings is 2. The van der Waals surface area contributed by atoms with Crippen molar-refractivity contribution >= 4 is 38.5 Å². The topological polar surface area (TPSA) is 78.0 Å². The van der Waals surface area contributed by atoms with Crippen LogP contribution >= 0.6 is 15.9 Å². The number of H-pyrrole nitrogens is 1. The lowest BCUT2D eigenvalue weighted by Gasteiger charge is -2.49. The van der Waals surface area contributed by atoms with Gasteiger partial charge in [-0.25, -0.2) is 0 Å². The molecule has 40 heavy (non-hydrogen) atoms. The number of pyridine rings is 1. The number of aromatic amines is 1. The van der Waals surface area contributed by atoms with E-state index >= 15 is 0 Å². The molecule has 8 heteroatoms. The SMILES string of the molecule is CCO/N=C(\c1ccc(Br)cc1)C1CCN(C2(C)CCN(C(=O)c3cc(=O)c4cc(CC)ccc4[nH]3)CC2)CC1. The maximum Gasteiger partial charge on any atom is 0.270 e. The summed E-state index contributed by atoms with van der Waals surface area (Å²) in [5, 5.41) is 5.16. The quantitative estimate of drug-likeness (QED) is 0.264. The predicted molar refractivity (Wildman–Crippen MR) is 164 cm³/mol.